The highest BCUT2D eigenvalue weighted by molar-refractivity contribution is 5.96. The SMILES string of the molecule is c1ccc(-c2cccc(-c3cc(-c4ccccc4)nc(-c4cccc5c4-c4ccccc4C54c5ccccc5Oc5ccccc54)n3)c2)cc1. The fourth-order valence-electron chi connectivity index (χ4n) is 8.05. The van der Waals surface area contributed by atoms with Crippen molar-refractivity contribution in [1.82, 2.24) is 9.97 Å². The van der Waals surface area contributed by atoms with Crippen LogP contribution in [-0.4, -0.2) is 9.97 Å². The predicted molar refractivity (Wildman–Crippen MR) is 201 cm³/mol. The van der Waals surface area contributed by atoms with Gasteiger partial charge in [0.15, 0.2) is 5.82 Å². The molecule has 0 amide bonds. The Labute approximate surface area is 291 Å². The number of aromatic nitrogens is 2. The Hall–Kier alpha value is -6.58. The lowest BCUT2D eigenvalue weighted by molar-refractivity contribution is 0.436. The molecule has 50 heavy (non-hydrogen) atoms. The zero-order chi connectivity index (χ0) is 33.1. The van der Waals surface area contributed by atoms with Crippen LogP contribution in [0.4, 0.5) is 0 Å². The predicted octanol–water partition coefficient (Wildman–Crippen LogP) is 11.6. The lowest BCUT2D eigenvalue weighted by Gasteiger charge is -2.39. The first-order valence-corrected chi connectivity index (χ1v) is 17.0. The Balaban J connectivity index is 1.25. The smallest absolute Gasteiger partial charge is 0.161 e. The standard InChI is InChI=1S/C47H30N2O/c1-3-15-31(16-4-1)33-19-13-20-34(29-33)42-30-41(32-17-5-2-6-18-32)48-46(49-42)36-22-14-26-40-45(36)35-21-7-8-23-37(35)47(40)38-24-9-11-27-43(38)50-44-28-12-10-25-39(44)47/h1-30H. The van der Waals surface area contributed by atoms with Gasteiger partial charge in [0.1, 0.15) is 11.5 Å². The maximum atomic E-state index is 6.56. The van der Waals surface area contributed by atoms with Crippen molar-refractivity contribution in [1.29, 1.82) is 0 Å². The second-order valence-corrected chi connectivity index (χ2v) is 12.9. The van der Waals surface area contributed by atoms with Gasteiger partial charge in [-0.2, -0.15) is 0 Å². The first-order valence-electron chi connectivity index (χ1n) is 17.0. The minimum absolute atomic E-state index is 0.558. The van der Waals surface area contributed by atoms with Gasteiger partial charge in [-0.05, 0) is 57.6 Å². The van der Waals surface area contributed by atoms with Crippen LogP contribution in [-0.2, 0) is 5.41 Å². The van der Waals surface area contributed by atoms with E-state index in [1.807, 2.05) is 12.1 Å². The van der Waals surface area contributed by atoms with Crippen molar-refractivity contribution < 1.29 is 4.74 Å². The molecule has 0 fully saturated rings. The van der Waals surface area contributed by atoms with E-state index in [0.29, 0.717) is 5.82 Å². The van der Waals surface area contributed by atoms with Gasteiger partial charge in [-0.3, -0.25) is 0 Å². The summed E-state index contributed by atoms with van der Waals surface area (Å²) in [4.78, 5) is 10.7. The summed E-state index contributed by atoms with van der Waals surface area (Å²) in [6.45, 7) is 0. The fourth-order valence-corrected chi connectivity index (χ4v) is 8.05. The number of para-hydroxylation sites is 2. The first-order chi connectivity index (χ1) is 24.8. The van der Waals surface area contributed by atoms with E-state index in [1.54, 1.807) is 0 Å². The second-order valence-electron chi connectivity index (χ2n) is 12.9. The maximum absolute atomic E-state index is 6.56. The van der Waals surface area contributed by atoms with E-state index < -0.39 is 5.41 Å². The van der Waals surface area contributed by atoms with Gasteiger partial charge >= 0.3 is 0 Å². The molecule has 2 aliphatic rings. The van der Waals surface area contributed by atoms with Gasteiger partial charge in [0.05, 0.1) is 16.8 Å². The average Bonchev–Trinajstić information content (AvgIpc) is 3.49. The molecule has 3 nitrogen and oxygen atoms in total. The number of nitrogens with zero attached hydrogens (tertiary/aromatic N) is 2. The molecule has 3 heteroatoms. The number of rotatable bonds is 4. The van der Waals surface area contributed by atoms with Crippen molar-refractivity contribution in [3.63, 3.8) is 0 Å². The molecule has 1 aliphatic carbocycles. The van der Waals surface area contributed by atoms with E-state index in [4.69, 9.17) is 14.7 Å². The largest absolute Gasteiger partial charge is 0.457 e. The zero-order valence-corrected chi connectivity index (χ0v) is 27.1. The van der Waals surface area contributed by atoms with Crippen molar-refractivity contribution >= 4 is 0 Å². The number of fused-ring (bicyclic) bond motifs is 9. The minimum Gasteiger partial charge on any atom is -0.457 e. The summed E-state index contributed by atoms with van der Waals surface area (Å²) in [7, 11) is 0. The van der Waals surface area contributed by atoms with E-state index in [1.165, 1.54) is 22.3 Å². The highest BCUT2D eigenvalue weighted by atomic mass is 16.5. The highest BCUT2D eigenvalue weighted by Crippen LogP contribution is 2.63. The summed E-state index contributed by atoms with van der Waals surface area (Å²) in [5.41, 5.74) is 13.7. The van der Waals surface area contributed by atoms with Gasteiger partial charge in [0.2, 0.25) is 0 Å². The van der Waals surface area contributed by atoms with Gasteiger partial charge in [0.25, 0.3) is 0 Å². The van der Waals surface area contributed by atoms with E-state index >= 15 is 0 Å². The Morgan fingerprint density at radius 2 is 0.860 bits per heavy atom. The first kappa shape index (κ1) is 28.4. The van der Waals surface area contributed by atoms with Crippen molar-refractivity contribution in [2.24, 2.45) is 0 Å². The molecule has 0 saturated carbocycles. The summed E-state index contributed by atoms with van der Waals surface area (Å²) in [6, 6.07) is 64.0. The van der Waals surface area contributed by atoms with Crippen LogP contribution < -0.4 is 4.74 Å². The van der Waals surface area contributed by atoms with Crippen molar-refractivity contribution in [2.75, 3.05) is 0 Å². The Morgan fingerprint density at radius 3 is 1.58 bits per heavy atom. The van der Waals surface area contributed by atoms with Crippen molar-refractivity contribution in [3.8, 4) is 67.7 Å². The zero-order valence-electron chi connectivity index (χ0n) is 27.1. The van der Waals surface area contributed by atoms with Gasteiger partial charge in [-0.25, -0.2) is 9.97 Å². The van der Waals surface area contributed by atoms with E-state index in [2.05, 4.69) is 170 Å². The van der Waals surface area contributed by atoms with Crippen LogP contribution in [0.3, 0.4) is 0 Å². The topological polar surface area (TPSA) is 35.0 Å². The van der Waals surface area contributed by atoms with Crippen molar-refractivity contribution in [2.45, 2.75) is 5.41 Å². The van der Waals surface area contributed by atoms with Gasteiger partial charge in [-0.15, -0.1) is 0 Å². The quantitative estimate of drug-likeness (QED) is 0.192. The molecule has 7 aromatic carbocycles. The molecule has 0 bridgehead atoms. The van der Waals surface area contributed by atoms with E-state index in [0.717, 1.165) is 61.8 Å². The molecule has 0 N–H and O–H groups in total. The molecular weight excluding hydrogens is 609 g/mol. The lowest BCUT2D eigenvalue weighted by atomic mass is 9.66. The molecule has 0 radical (unpaired) electrons. The van der Waals surface area contributed by atoms with Gasteiger partial charge in [-0.1, -0.05) is 158 Å². The molecule has 0 saturated heterocycles. The normalized spacial score (nSPS) is 13.1. The van der Waals surface area contributed by atoms with Gasteiger partial charge < -0.3 is 4.74 Å². The Bertz CT molecular complexity index is 2530. The van der Waals surface area contributed by atoms with Crippen LogP contribution >= 0.6 is 0 Å². The van der Waals surface area contributed by atoms with Crippen LogP contribution in [0.2, 0.25) is 0 Å². The Kier molecular flexibility index (Phi) is 6.40. The third kappa shape index (κ3) is 4.23. The highest BCUT2D eigenvalue weighted by Gasteiger charge is 2.51. The van der Waals surface area contributed by atoms with E-state index in [-0.39, 0.29) is 0 Å². The fraction of sp³-hybridized carbons (Fsp3) is 0.0213. The molecule has 10 rings (SSSR count). The van der Waals surface area contributed by atoms with Crippen LogP contribution in [0.1, 0.15) is 22.3 Å². The summed E-state index contributed by atoms with van der Waals surface area (Å²) in [5.74, 6) is 2.45. The third-order valence-corrected chi connectivity index (χ3v) is 10.2. The molecule has 1 aromatic heterocycles. The number of benzene rings is 7. The molecule has 1 spiro atoms. The average molecular weight is 639 g/mol. The molecular formula is C47H30N2O. The molecule has 8 aromatic rings. The molecule has 234 valence electrons. The molecule has 0 unspecified atom stereocenters. The minimum atomic E-state index is -0.558. The van der Waals surface area contributed by atoms with Crippen LogP contribution in [0.15, 0.2) is 182 Å². The summed E-state index contributed by atoms with van der Waals surface area (Å²) >= 11 is 0. The molecule has 1 aliphatic heterocycles. The number of hydrogen-bond donors (Lipinski definition) is 0. The van der Waals surface area contributed by atoms with E-state index in [9.17, 15) is 0 Å². The van der Waals surface area contributed by atoms with Crippen LogP contribution in [0.5, 0.6) is 11.5 Å². The molecule has 2 heterocycles. The Morgan fingerprint density at radius 1 is 0.360 bits per heavy atom. The monoisotopic (exact) mass is 638 g/mol. The summed E-state index contributed by atoms with van der Waals surface area (Å²) < 4.78 is 6.56. The summed E-state index contributed by atoms with van der Waals surface area (Å²) in [6.07, 6.45) is 0. The van der Waals surface area contributed by atoms with Crippen molar-refractivity contribution in [3.05, 3.63) is 204 Å². The van der Waals surface area contributed by atoms with Crippen LogP contribution in [0, 0.1) is 0 Å². The molecule has 0 atom stereocenters. The summed E-state index contributed by atoms with van der Waals surface area (Å²) in [5, 5.41) is 0. The second kappa shape index (κ2) is 11.3. The van der Waals surface area contributed by atoms with Crippen LogP contribution in [0.25, 0.3) is 56.2 Å². The third-order valence-electron chi connectivity index (χ3n) is 10.2. The van der Waals surface area contributed by atoms with Gasteiger partial charge in [0, 0.05) is 27.8 Å². The lowest BCUT2D eigenvalue weighted by Crippen LogP contribution is -2.32. The number of ether oxygens (including phenoxy) is 1. The maximum Gasteiger partial charge on any atom is 0.161 e. The number of hydrogen-bond acceptors (Lipinski definition) is 3.